The molecule has 0 aliphatic carbocycles. The number of hydrogen-bond donors (Lipinski definition) is 0. The van der Waals surface area contributed by atoms with E-state index < -0.39 is 0 Å². The minimum atomic E-state index is 0.222. The van der Waals surface area contributed by atoms with E-state index in [1.165, 1.54) is 19.3 Å². The highest BCUT2D eigenvalue weighted by molar-refractivity contribution is 7.61. The molecule has 0 aromatic rings. The summed E-state index contributed by atoms with van der Waals surface area (Å²) in [5, 5.41) is 1.20. The molecule has 0 aromatic heterocycles. The van der Waals surface area contributed by atoms with E-state index in [4.69, 9.17) is 0 Å². The van der Waals surface area contributed by atoms with Crippen LogP contribution in [-0.2, 0) is 0 Å². The number of fused-ring (bicyclic) bond motifs is 2. The molecule has 2 aliphatic rings. The zero-order valence-electron chi connectivity index (χ0n) is 7.72. The molecule has 2 aliphatic heterocycles. The first kappa shape index (κ1) is 7.80. The average Bonchev–Trinajstić information content (AvgIpc) is 2.17. The lowest BCUT2D eigenvalue weighted by Crippen LogP contribution is -2.29. The quantitative estimate of drug-likeness (QED) is 0.384. The van der Waals surface area contributed by atoms with Crippen LogP contribution < -0.4 is 0 Å². The standard InChI is InChI=1S/C10H17P/c1-9-5-4-6-10(2,8-7-9)11(9)3/h7-8H,4-6H2,1-3H3. The lowest BCUT2D eigenvalue weighted by atomic mass is 10.0. The van der Waals surface area contributed by atoms with E-state index >= 15 is 0 Å². The van der Waals surface area contributed by atoms with Crippen molar-refractivity contribution in [3.63, 3.8) is 0 Å². The van der Waals surface area contributed by atoms with E-state index in [9.17, 15) is 0 Å². The van der Waals surface area contributed by atoms with Crippen LogP contribution in [0.25, 0.3) is 0 Å². The summed E-state index contributed by atoms with van der Waals surface area (Å²) in [5.74, 6) is 0. The molecule has 0 nitrogen and oxygen atoms in total. The Morgan fingerprint density at radius 2 is 1.55 bits per heavy atom. The van der Waals surface area contributed by atoms with Gasteiger partial charge in [0.1, 0.15) is 0 Å². The molecule has 1 fully saturated rings. The van der Waals surface area contributed by atoms with Crippen molar-refractivity contribution in [3.8, 4) is 0 Å². The SMILES string of the molecule is CP1C2(C)C=CC1(C)CCC2. The Labute approximate surface area is 70.8 Å². The van der Waals surface area contributed by atoms with Crippen LogP contribution in [0.15, 0.2) is 12.2 Å². The fraction of sp³-hybridized carbons (Fsp3) is 0.800. The molecule has 1 heteroatoms. The lowest BCUT2D eigenvalue weighted by molar-refractivity contribution is 0.545. The van der Waals surface area contributed by atoms with Crippen LogP contribution in [0.4, 0.5) is 0 Å². The van der Waals surface area contributed by atoms with Gasteiger partial charge in [-0.05, 0) is 19.5 Å². The minimum Gasteiger partial charge on any atom is -0.0899 e. The number of hydrogen-bond acceptors (Lipinski definition) is 0. The van der Waals surface area contributed by atoms with Gasteiger partial charge in [-0.1, -0.05) is 40.3 Å². The molecular formula is C10H17P. The summed E-state index contributed by atoms with van der Waals surface area (Å²) in [6.45, 7) is 7.37. The van der Waals surface area contributed by atoms with Gasteiger partial charge >= 0.3 is 0 Å². The van der Waals surface area contributed by atoms with Crippen LogP contribution >= 0.6 is 7.92 Å². The molecule has 0 amide bonds. The van der Waals surface area contributed by atoms with Crippen LogP contribution in [0, 0.1) is 0 Å². The van der Waals surface area contributed by atoms with Crippen LogP contribution in [0.2, 0.25) is 0 Å². The van der Waals surface area contributed by atoms with Crippen LogP contribution in [0.1, 0.15) is 33.1 Å². The Hall–Kier alpha value is 0.170. The predicted octanol–water partition coefficient (Wildman–Crippen LogP) is 3.37. The summed E-state index contributed by atoms with van der Waals surface area (Å²) in [7, 11) is 0.222. The molecule has 2 rings (SSSR count). The van der Waals surface area contributed by atoms with Gasteiger partial charge in [0.05, 0.1) is 0 Å². The number of rotatable bonds is 0. The van der Waals surface area contributed by atoms with Crippen LogP contribution in [0.5, 0.6) is 0 Å². The second-order valence-electron chi connectivity index (χ2n) is 4.46. The molecule has 0 aromatic carbocycles. The van der Waals surface area contributed by atoms with E-state index in [1.54, 1.807) is 0 Å². The van der Waals surface area contributed by atoms with Crippen molar-refractivity contribution >= 4 is 7.92 Å². The summed E-state index contributed by atoms with van der Waals surface area (Å²) in [6.07, 6.45) is 9.28. The first-order chi connectivity index (χ1) is 5.07. The molecule has 2 atom stereocenters. The monoisotopic (exact) mass is 168 g/mol. The van der Waals surface area contributed by atoms with Crippen molar-refractivity contribution in [2.75, 3.05) is 6.66 Å². The summed E-state index contributed by atoms with van der Waals surface area (Å²) >= 11 is 0. The molecular weight excluding hydrogens is 151 g/mol. The highest BCUT2D eigenvalue weighted by atomic mass is 31.1. The molecule has 1 saturated heterocycles. The zero-order valence-corrected chi connectivity index (χ0v) is 8.62. The summed E-state index contributed by atoms with van der Waals surface area (Å²) in [5.41, 5.74) is 0. The van der Waals surface area contributed by atoms with Crippen molar-refractivity contribution in [2.24, 2.45) is 0 Å². The second-order valence-corrected chi connectivity index (χ2v) is 7.62. The third kappa shape index (κ3) is 0.920. The molecule has 0 radical (unpaired) electrons. The van der Waals surface area contributed by atoms with E-state index in [-0.39, 0.29) is 7.92 Å². The Balaban J connectivity index is 2.37. The maximum Gasteiger partial charge on any atom is 0.00611 e. The first-order valence-corrected chi connectivity index (χ1v) is 6.30. The van der Waals surface area contributed by atoms with Gasteiger partial charge in [0.2, 0.25) is 0 Å². The topological polar surface area (TPSA) is 0 Å². The van der Waals surface area contributed by atoms with Gasteiger partial charge in [-0.15, -0.1) is 0 Å². The molecule has 0 N–H and O–H groups in total. The van der Waals surface area contributed by atoms with E-state index in [1.807, 2.05) is 0 Å². The van der Waals surface area contributed by atoms with Gasteiger partial charge in [-0.2, -0.15) is 0 Å². The minimum absolute atomic E-state index is 0.222. The normalized spacial score (nSPS) is 55.0. The summed E-state index contributed by atoms with van der Waals surface area (Å²) in [4.78, 5) is 0. The molecule has 0 saturated carbocycles. The number of allylic oxidation sites excluding steroid dienone is 2. The molecule has 0 spiro atoms. The zero-order chi connectivity index (χ0) is 8.11. The van der Waals surface area contributed by atoms with Crippen molar-refractivity contribution < 1.29 is 0 Å². The van der Waals surface area contributed by atoms with E-state index in [0.717, 1.165) is 0 Å². The summed E-state index contributed by atoms with van der Waals surface area (Å²) < 4.78 is 0. The molecule has 62 valence electrons. The van der Waals surface area contributed by atoms with Crippen molar-refractivity contribution in [3.05, 3.63) is 12.2 Å². The third-order valence-corrected chi connectivity index (χ3v) is 7.51. The molecule has 2 bridgehead atoms. The Kier molecular flexibility index (Phi) is 1.49. The summed E-state index contributed by atoms with van der Waals surface area (Å²) in [6, 6.07) is 0. The van der Waals surface area contributed by atoms with Gasteiger partial charge in [0, 0.05) is 10.3 Å². The molecule has 2 heterocycles. The van der Waals surface area contributed by atoms with Gasteiger partial charge < -0.3 is 0 Å². The van der Waals surface area contributed by atoms with Gasteiger partial charge in [0.25, 0.3) is 0 Å². The fourth-order valence-electron chi connectivity index (χ4n) is 2.47. The maximum atomic E-state index is 2.49. The van der Waals surface area contributed by atoms with Gasteiger partial charge in [-0.3, -0.25) is 0 Å². The van der Waals surface area contributed by atoms with E-state index in [0.29, 0.717) is 10.3 Å². The average molecular weight is 168 g/mol. The Morgan fingerprint density at radius 3 is 1.91 bits per heavy atom. The van der Waals surface area contributed by atoms with Gasteiger partial charge in [-0.25, -0.2) is 0 Å². The molecule has 2 unspecified atom stereocenters. The maximum absolute atomic E-state index is 2.49. The highest BCUT2D eigenvalue weighted by Crippen LogP contribution is 2.68. The highest BCUT2D eigenvalue weighted by Gasteiger charge is 2.47. The van der Waals surface area contributed by atoms with E-state index in [2.05, 4.69) is 32.7 Å². The van der Waals surface area contributed by atoms with Gasteiger partial charge in [0.15, 0.2) is 0 Å². The predicted molar refractivity (Wildman–Crippen MR) is 52.6 cm³/mol. The molecule has 11 heavy (non-hydrogen) atoms. The van der Waals surface area contributed by atoms with Crippen molar-refractivity contribution in [1.29, 1.82) is 0 Å². The largest absolute Gasteiger partial charge is 0.0899 e. The van der Waals surface area contributed by atoms with Crippen LogP contribution in [0.3, 0.4) is 0 Å². The van der Waals surface area contributed by atoms with Crippen LogP contribution in [-0.4, -0.2) is 17.0 Å². The Morgan fingerprint density at radius 1 is 1.09 bits per heavy atom. The van der Waals surface area contributed by atoms with Crippen molar-refractivity contribution in [2.45, 2.75) is 43.4 Å². The smallest absolute Gasteiger partial charge is 0.00611 e. The lowest BCUT2D eigenvalue weighted by Gasteiger charge is -2.43. The van der Waals surface area contributed by atoms with Crippen molar-refractivity contribution in [1.82, 2.24) is 0 Å². The second kappa shape index (κ2) is 2.10. The first-order valence-electron chi connectivity index (χ1n) is 4.51. The Bertz CT molecular complexity index is 189. The third-order valence-electron chi connectivity index (χ3n) is 3.70. The fourth-order valence-corrected chi connectivity index (χ4v) is 5.22.